The molecule has 1 saturated carbocycles. The zero-order valence-corrected chi connectivity index (χ0v) is 20.0. The smallest absolute Gasteiger partial charge is 0.239 e. The molecule has 0 aromatic rings. The van der Waals surface area contributed by atoms with Crippen molar-refractivity contribution in [1.29, 1.82) is 0 Å². The topological polar surface area (TPSA) is 55.9 Å². The van der Waals surface area contributed by atoms with E-state index in [4.69, 9.17) is 0 Å². The number of nitrogens with zero attached hydrogens (tertiary/aromatic N) is 3. The number of amides is 2. The lowest BCUT2D eigenvalue weighted by Crippen LogP contribution is -2.50. The van der Waals surface area contributed by atoms with E-state index in [2.05, 4.69) is 22.0 Å². The number of piperidine rings is 1. The summed E-state index contributed by atoms with van der Waals surface area (Å²) in [6.07, 6.45) is 8.82. The number of hydrogen-bond donors (Lipinski definition) is 1. The molecule has 3 atom stereocenters. The van der Waals surface area contributed by atoms with Crippen LogP contribution in [0.5, 0.6) is 0 Å². The minimum Gasteiger partial charge on any atom is -0.341 e. The van der Waals surface area contributed by atoms with Gasteiger partial charge in [-0.25, -0.2) is 0 Å². The first kappa shape index (κ1) is 25.7. The van der Waals surface area contributed by atoms with E-state index in [0.29, 0.717) is 36.1 Å². The molecule has 1 aliphatic carbocycles. The minimum absolute atomic E-state index is 0. The van der Waals surface area contributed by atoms with Crippen molar-refractivity contribution in [2.75, 3.05) is 45.8 Å². The number of halogens is 2. The average molecular weight is 463 g/mol. The summed E-state index contributed by atoms with van der Waals surface area (Å²) >= 11 is 0. The number of carbonyl (C=O) groups excluding carboxylic acids is 2. The molecular weight excluding hydrogens is 423 g/mol. The molecule has 3 saturated heterocycles. The van der Waals surface area contributed by atoms with E-state index < -0.39 is 0 Å². The Bertz CT molecular complexity index is 549. The molecule has 3 heterocycles. The summed E-state index contributed by atoms with van der Waals surface area (Å²) in [5.41, 5.74) is 0. The van der Waals surface area contributed by atoms with Crippen LogP contribution in [0.15, 0.2) is 0 Å². The Labute approximate surface area is 194 Å². The first-order chi connectivity index (χ1) is 13.6. The SMILES string of the molecule is CCN1CCN(C(=O)CC2CCN(C(=O)C3CC4CCCCC4N3)CC2)CC1.Cl.Cl. The number of hydrogen-bond acceptors (Lipinski definition) is 4. The second kappa shape index (κ2) is 11.9. The Balaban J connectivity index is 0.00000160. The highest BCUT2D eigenvalue weighted by Gasteiger charge is 2.40. The zero-order chi connectivity index (χ0) is 19.5. The predicted molar refractivity (Wildman–Crippen MR) is 124 cm³/mol. The van der Waals surface area contributed by atoms with Crippen LogP contribution in [0.4, 0.5) is 0 Å². The van der Waals surface area contributed by atoms with Gasteiger partial charge in [0.15, 0.2) is 0 Å². The van der Waals surface area contributed by atoms with Crippen molar-refractivity contribution >= 4 is 36.6 Å². The Kier molecular flexibility index (Phi) is 10.2. The van der Waals surface area contributed by atoms with E-state index in [-0.39, 0.29) is 30.9 Å². The number of carbonyl (C=O) groups is 2. The van der Waals surface area contributed by atoms with Gasteiger partial charge in [-0.15, -0.1) is 24.8 Å². The van der Waals surface area contributed by atoms with Gasteiger partial charge >= 0.3 is 0 Å². The van der Waals surface area contributed by atoms with Crippen molar-refractivity contribution in [3.8, 4) is 0 Å². The Morgan fingerprint density at radius 1 is 0.867 bits per heavy atom. The molecule has 0 aromatic carbocycles. The van der Waals surface area contributed by atoms with Gasteiger partial charge in [-0.1, -0.05) is 19.8 Å². The van der Waals surface area contributed by atoms with E-state index >= 15 is 0 Å². The van der Waals surface area contributed by atoms with Crippen LogP contribution in [0.3, 0.4) is 0 Å². The van der Waals surface area contributed by atoms with E-state index in [1.54, 1.807) is 0 Å². The minimum atomic E-state index is 0. The highest BCUT2D eigenvalue weighted by Crippen LogP contribution is 2.34. The van der Waals surface area contributed by atoms with Crippen LogP contribution < -0.4 is 5.32 Å². The zero-order valence-electron chi connectivity index (χ0n) is 18.4. The summed E-state index contributed by atoms with van der Waals surface area (Å²) in [6, 6.07) is 0.618. The maximum atomic E-state index is 13.0. The van der Waals surface area contributed by atoms with Gasteiger partial charge in [0.05, 0.1) is 6.04 Å². The molecule has 4 fully saturated rings. The average Bonchev–Trinajstić information content (AvgIpc) is 3.18. The second-order valence-electron chi connectivity index (χ2n) is 9.39. The predicted octanol–water partition coefficient (Wildman–Crippen LogP) is 2.54. The van der Waals surface area contributed by atoms with E-state index in [9.17, 15) is 9.59 Å². The molecule has 8 heteroatoms. The standard InChI is InChI=1S/C22H38N4O2.2ClH/c1-2-24-11-13-25(14-12-24)21(27)15-17-7-9-26(10-8-17)22(28)20-16-18-5-3-4-6-19(18)23-20;;/h17-20,23H,2-16H2,1H3;2*1H. The Morgan fingerprint density at radius 2 is 1.53 bits per heavy atom. The number of piperazine rings is 1. The van der Waals surface area contributed by atoms with Crippen molar-refractivity contribution in [3.63, 3.8) is 0 Å². The van der Waals surface area contributed by atoms with Gasteiger partial charge in [0.25, 0.3) is 0 Å². The van der Waals surface area contributed by atoms with Crippen LogP contribution in [-0.2, 0) is 9.59 Å². The maximum Gasteiger partial charge on any atom is 0.239 e. The molecule has 4 aliphatic rings. The lowest BCUT2D eigenvalue weighted by molar-refractivity contribution is -0.136. The van der Waals surface area contributed by atoms with Crippen LogP contribution in [0, 0.1) is 11.8 Å². The van der Waals surface area contributed by atoms with Crippen molar-refractivity contribution in [3.05, 3.63) is 0 Å². The number of fused-ring (bicyclic) bond motifs is 1. The monoisotopic (exact) mass is 462 g/mol. The van der Waals surface area contributed by atoms with Crippen molar-refractivity contribution in [2.45, 2.75) is 70.4 Å². The third kappa shape index (κ3) is 6.02. The van der Waals surface area contributed by atoms with Crippen LogP contribution >= 0.6 is 24.8 Å². The van der Waals surface area contributed by atoms with Gasteiger partial charge in [0.1, 0.15) is 0 Å². The molecule has 0 bridgehead atoms. The molecule has 3 unspecified atom stereocenters. The first-order valence-electron chi connectivity index (χ1n) is 11.7. The van der Waals surface area contributed by atoms with Gasteiger partial charge < -0.3 is 20.0 Å². The summed E-state index contributed by atoms with van der Waals surface area (Å²) in [6.45, 7) is 8.67. The number of nitrogens with one attached hydrogen (secondary N) is 1. The Morgan fingerprint density at radius 3 is 2.17 bits per heavy atom. The van der Waals surface area contributed by atoms with Gasteiger partial charge in [-0.3, -0.25) is 9.59 Å². The van der Waals surface area contributed by atoms with Gasteiger partial charge in [-0.05, 0) is 50.5 Å². The van der Waals surface area contributed by atoms with Crippen LogP contribution in [-0.4, -0.2) is 84.4 Å². The lowest BCUT2D eigenvalue weighted by atomic mass is 9.85. The Hall–Kier alpha value is -0.560. The molecule has 174 valence electrons. The van der Waals surface area contributed by atoms with E-state index in [1.165, 1.54) is 25.7 Å². The lowest BCUT2D eigenvalue weighted by Gasteiger charge is -2.36. The molecule has 3 aliphatic heterocycles. The normalized spacial score (nSPS) is 30.2. The van der Waals surface area contributed by atoms with Gasteiger partial charge in [-0.2, -0.15) is 0 Å². The molecule has 0 spiro atoms. The molecule has 30 heavy (non-hydrogen) atoms. The van der Waals surface area contributed by atoms with E-state index in [1.807, 2.05) is 4.90 Å². The molecule has 1 N–H and O–H groups in total. The summed E-state index contributed by atoms with van der Waals surface area (Å²) in [4.78, 5) is 32.1. The van der Waals surface area contributed by atoms with Gasteiger partial charge in [0, 0.05) is 51.7 Å². The molecule has 0 aromatic heterocycles. The quantitative estimate of drug-likeness (QED) is 0.697. The van der Waals surface area contributed by atoms with Crippen LogP contribution in [0.25, 0.3) is 0 Å². The van der Waals surface area contributed by atoms with Crippen LogP contribution in [0.2, 0.25) is 0 Å². The summed E-state index contributed by atoms with van der Waals surface area (Å²) in [7, 11) is 0. The molecule has 2 amide bonds. The van der Waals surface area contributed by atoms with Crippen molar-refractivity contribution in [1.82, 2.24) is 20.0 Å². The summed E-state index contributed by atoms with van der Waals surface area (Å²) < 4.78 is 0. The van der Waals surface area contributed by atoms with Crippen molar-refractivity contribution in [2.24, 2.45) is 11.8 Å². The van der Waals surface area contributed by atoms with Crippen molar-refractivity contribution < 1.29 is 9.59 Å². The second-order valence-corrected chi connectivity index (χ2v) is 9.39. The molecular formula is C22H40Cl2N4O2. The molecule has 0 radical (unpaired) electrons. The fourth-order valence-corrected chi connectivity index (χ4v) is 5.78. The fourth-order valence-electron chi connectivity index (χ4n) is 5.78. The highest BCUT2D eigenvalue weighted by atomic mass is 35.5. The number of likely N-dealkylation sites (tertiary alicyclic amines) is 1. The molecule has 4 rings (SSSR count). The largest absolute Gasteiger partial charge is 0.341 e. The fraction of sp³-hybridized carbons (Fsp3) is 0.909. The van der Waals surface area contributed by atoms with Crippen LogP contribution in [0.1, 0.15) is 58.3 Å². The number of rotatable bonds is 4. The molecule has 6 nitrogen and oxygen atoms in total. The van der Waals surface area contributed by atoms with Gasteiger partial charge in [0.2, 0.25) is 11.8 Å². The third-order valence-electron chi connectivity index (χ3n) is 7.72. The summed E-state index contributed by atoms with van der Waals surface area (Å²) in [5, 5.41) is 3.63. The first-order valence-corrected chi connectivity index (χ1v) is 11.7. The number of likely N-dealkylation sites (N-methyl/N-ethyl adjacent to an activating group) is 1. The summed E-state index contributed by atoms with van der Waals surface area (Å²) in [5.74, 6) is 1.79. The maximum absolute atomic E-state index is 13.0. The highest BCUT2D eigenvalue weighted by molar-refractivity contribution is 5.85. The van der Waals surface area contributed by atoms with E-state index in [0.717, 1.165) is 65.1 Å². The third-order valence-corrected chi connectivity index (χ3v) is 7.72.